The van der Waals surface area contributed by atoms with Crippen LogP contribution in [0.1, 0.15) is 15.9 Å². The second kappa shape index (κ2) is 3.89. The van der Waals surface area contributed by atoms with Gasteiger partial charge in [-0.1, -0.05) is 11.6 Å². The summed E-state index contributed by atoms with van der Waals surface area (Å²) in [6.45, 7) is 0. The third-order valence-electron chi connectivity index (χ3n) is 2.08. The fourth-order valence-electron chi connectivity index (χ4n) is 1.43. The molecule has 0 aliphatic rings. The van der Waals surface area contributed by atoms with E-state index in [2.05, 4.69) is 0 Å². The summed E-state index contributed by atoms with van der Waals surface area (Å²) in [6, 6.07) is 3.66. The monoisotopic (exact) mass is 244 g/mol. The Morgan fingerprint density at radius 2 is 2.29 bits per heavy atom. The van der Waals surface area contributed by atoms with Gasteiger partial charge in [-0.2, -0.15) is 0 Å². The molecule has 14 heavy (non-hydrogen) atoms. The standard InChI is InChI=1S/C10H6Cl2OS/c11-4-6-3-9(12)10-7(1-2-14-10)8(6)5-13/h1-3,5H,4H2. The highest BCUT2D eigenvalue weighted by molar-refractivity contribution is 7.18. The van der Waals surface area contributed by atoms with Crippen LogP contribution in [0.4, 0.5) is 0 Å². The molecule has 0 fully saturated rings. The van der Waals surface area contributed by atoms with E-state index in [1.807, 2.05) is 11.4 Å². The molecule has 0 saturated carbocycles. The van der Waals surface area contributed by atoms with Crippen LogP contribution in [0, 0.1) is 0 Å². The van der Waals surface area contributed by atoms with Crippen molar-refractivity contribution in [1.29, 1.82) is 0 Å². The Labute approximate surface area is 95.3 Å². The van der Waals surface area contributed by atoms with Crippen molar-refractivity contribution in [1.82, 2.24) is 0 Å². The lowest BCUT2D eigenvalue weighted by atomic mass is 10.1. The molecule has 0 unspecified atom stereocenters. The highest BCUT2D eigenvalue weighted by Crippen LogP contribution is 2.33. The van der Waals surface area contributed by atoms with E-state index in [0.717, 1.165) is 21.9 Å². The number of benzene rings is 1. The van der Waals surface area contributed by atoms with Crippen LogP contribution in [0.2, 0.25) is 5.02 Å². The number of rotatable bonds is 2. The summed E-state index contributed by atoms with van der Waals surface area (Å²) >= 11 is 13.3. The molecule has 0 bridgehead atoms. The zero-order chi connectivity index (χ0) is 10.1. The summed E-state index contributed by atoms with van der Waals surface area (Å²) in [6.07, 6.45) is 0.836. The van der Waals surface area contributed by atoms with Gasteiger partial charge < -0.3 is 0 Å². The van der Waals surface area contributed by atoms with E-state index < -0.39 is 0 Å². The molecule has 0 aliphatic heterocycles. The molecule has 1 aromatic heterocycles. The van der Waals surface area contributed by atoms with Crippen LogP contribution in [0.5, 0.6) is 0 Å². The third-order valence-corrected chi connectivity index (χ3v) is 3.73. The predicted octanol–water partition coefficient (Wildman–Crippen LogP) is 4.11. The smallest absolute Gasteiger partial charge is 0.151 e. The van der Waals surface area contributed by atoms with E-state index in [-0.39, 0.29) is 0 Å². The quantitative estimate of drug-likeness (QED) is 0.574. The van der Waals surface area contributed by atoms with E-state index in [4.69, 9.17) is 23.2 Å². The number of carbonyl (C=O) groups is 1. The zero-order valence-electron chi connectivity index (χ0n) is 7.09. The molecule has 0 radical (unpaired) electrons. The van der Waals surface area contributed by atoms with Crippen molar-refractivity contribution in [2.24, 2.45) is 0 Å². The van der Waals surface area contributed by atoms with Crippen LogP contribution in [-0.4, -0.2) is 6.29 Å². The average Bonchev–Trinajstić information content (AvgIpc) is 2.66. The number of carbonyl (C=O) groups excluding carboxylic acids is 1. The van der Waals surface area contributed by atoms with Gasteiger partial charge in [-0.3, -0.25) is 4.79 Å². The maximum Gasteiger partial charge on any atom is 0.151 e. The minimum Gasteiger partial charge on any atom is -0.298 e. The molecule has 4 heteroatoms. The Morgan fingerprint density at radius 1 is 1.50 bits per heavy atom. The van der Waals surface area contributed by atoms with E-state index >= 15 is 0 Å². The van der Waals surface area contributed by atoms with Gasteiger partial charge in [-0.15, -0.1) is 22.9 Å². The lowest BCUT2D eigenvalue weighted by Gasteiger charge is -2.03. The number of fused-ring (bicyclic) bond motifs is 1. The van der Waals surface area contributed by atoms with Crippen LogP contribution in [0.15, 0.2) is 17.5 Å². The van der Waals surface area contributed by atoms with Crippen molar-refractivity contribution in [2.45, 2.75) is 5.88 Å². The lowest BCUT2D eigenvalue weighted by Crippen LogP contribution is -1.90. The molecule has 0 saturated heterocycles. The normalized spacial score (nSPS) is 10.7. The van der Waals surface area contributed by atoms with Crippen LogP contribution < -0.4 is 0 Å². The molecule has 72 valence electrons. The van der Waals surface area contributed by atoms with Gasteiger partial charge in [0.15, 0.2) is 6.29 Å². The Balaban J connectivity index is 2.88. The zero-order valence-corrected chi connectivity index (χ0v) is 9.42. The maximum absolute atomic E-state index is 10.9. The highest BCUT2D eigenvalue weighted by Gasteiger charge is 2.10. The van der Waals surface area contributed by atoms with Crippen molar-refractivity contribution in [2.75, 3.05) is 0 Å². The molecular formula is C10H6Cl2OS. The first-order valence-electron chi connectivity index (χ1n) is 3.97. The first-order chi connectivity index (χ1) is 6.77. The maximum atomic E-state index is 10.9. The first-order valence-corrected chi connectivity index (χ1v) is 5.77. The fraction of sp³-hybridized carbons (Fsp3) is 0.100. The number of aldehydes is 1. The summed E-state index contributed by atoms with van der Waals surface area (Å²) < 4.78 is 0.947. The van der Waals surface area contributed by atoms with Gasteiger partial charge in [0, 0.05) is 16.8 Å². The van der Waals surface area contributed by atoms with Crippen molar-refractivity contribution in [3.05, 3.63) is 33.7 Å². The summed E-state index contributed by atoms with van der Waals surface area (Å²) in [5.74, 6) is 0.305. The van der Waals surface area contributed by atoms with Crippen LogP contribution in [-0.2, 0) is 5.88 Å². The SMILES string of the molecule is O=Cc1c(CCl)cc(Cl)c2sccc12. The summed E-state index contributed by atoms with van der Waals surface area (Å²) in [5, 5.41) is 3.48. The van der Waals surface area contributed by atoms with Gasteiger partial charge >= 0.3 is 0 Å². The van der Waals surface area contributed by atoms with Gasteiger partial charge in [-0.25, -0.2) is 0 Å². The number of alkyl halides is 1. The van der Waals surface area contributed by atoms with Crippen molar-refractivity contribution in [3.8, 4) is 0 Å². The van der Waals surface area contributed by atoms with Gasteiger partial charge in [0.2, 0.25) is 0 Å². The highest BCUT2D eigenvalue weighted by atomic mass is 35.5. The van der Waals surface area contributed by atoms with Crippen LogP contribution in [0.3, 0.4) is 0 Å². The van der Waals surface area contributed by atoms with Gasteiger partial charge in [-0.05, 0) is 23.1 Å². The van der Waals surface area contributed by atoms with E-state index in [9.17, 15) is 4.79 Å². The molecule has 0 spiro atoms. The van der Waals surface area contributed by atoms with Crippen molar-refractivity contribution >= 4 is 50.9 Å². The van der Waals surface area contributed by atoms with E-state index in [1.54, 1.807) is 6.07 Å². The fourth-order valence-corrected chi connectivity index (χ4v) is 2.83. The summed E-state index contributed by atoms with van der Waals surface area (Å²) in [5.41, 5.74) is 1.44. The molecule has 0 aliphatic carbocycles. The number of halogens is 2. The Kier molecular flexibility index (Phi) is 2.77. The van der Waals surface area contributed by atoms with Crippen LogP contribution in [0.25, 0.3) is 10.1 Å². The molecule has 1 heterocycles. The topological polar surface area (TPSA) is 17.1 Å². The number of thiophene rings is 1. The van der Waals surface area contributed by atoms with Gasteiger partial charge in [0.05, 0.1) is 9.72 Å². The molecule has 0 atom stereocenters. The number of hydrogen-bond acceptors (Lipinski definition) is 2. The average molecular weight is 245 g/mol. The second-order valence-electron chi connectivity index (χ2n) is 2.85. The van der Waals surface area contributed by atoms with Crippen molar-refractivity contribution in [3.63, 3.8) is 0 Å². The summed E-state index contributed by atoms with van der Waals surface area (Å²) in [4.78, 5) is 10.9. The van der Waals surface area contributed by atoms with Crippen molar-refractivity contribution < 1.29 is 4.79 Å². The molecule has 1 nitrogen and oxygen atoms in total. The Bertz CT molecular complexity index is 490. The number of hydrogen-bond donors (Lipinski definition) is 0. The van der Waals surface area contributed by atoms with E-state index in [0.29, 0.717) is 16.5 Å². The molecule has 1 aromatic carbocycles. The predicted molar refractivity (Wildman–Crippen MR) is 61.8 cm³/mol. The second-order valence-corrected chi connectivity index (χ2v) is 4.44. The Morgan fingerprint density at radius 3 is 2.93 bits per heavy atom. The first kappa shape index (κ1) is 9.97. The molecule has 0 amide bonds. The minimum atomic E-state index is 0.305. The van der Waals surface area contributed by atoms with E-state index in [1.165, 1.54) is 11.3 Å². The molecule has 2 rings (SSSR count). The molecule has 2 aromatic rings. The third kappa shape index (κ3) is 1.44. The van der Waals surface area contributed by atoms with Gasteiger partial charge in [0.25, 0.3) is 0 Å². The van der Waals surface area contributed by atoms with Crippen LogP contribution >= 0.6 is 34.5 Å². The van der Waals surface area contributed by atoms with Gasteiger partial charge in [0.1, 0.15) is 0 Å². The Hall–Kier alpha value is -0.570. The summed E-state index contributed by atoms with van der Waals surface area (Å²) in [7, 11) is 0. The lowest BCUT2D eigenvalue weighted by molar-refractivity contribution is 0.112. The largest absolute Gasteiger partial charge is 0.298 e. The minimum absolute atomic E-state index is 0.305. The molecule has 0 N–H and O–H groups in total. The molecular weight excluding hydrogens is 239 g/mol.